The minimum absolute atomic E-state index is 0.0137. The summed E-state index contributed by atoms with van der Waals surface area (Å²) in [6.45, 7) is 9.14. The van der Waals surface area contributed by atoms with E-state index in [4.69, 9.17) is 20.3 Å². The molecule has 5 heteroatoms. The van der Waals surface area contributed by atoms with Gasteiger partial charge in [0.1, 0.15) is 0 Å². The van der Waals surface area contributed by atoms with E-state index in [0.717, 1.165) is 26.3 Å². The monoisotopic (exact) mass is 234 g/mol. The van der Waals surface area contributed by atoms with E-state index < -0.39 is 0 Å². The first-order valence-corrected chi connectivity index (χ1v) is 5.98. The molecule has 0 aromatic rings. The summed E-state index contributed by atoms with van der Waals surface area (Å²) in [6, 6.07) is -0.191. The fraction of sp³-hybridized carbons (Fsp3) is 1.00. The molecule has 16 heavy (non-hydrogen) atoms. The molecule has 0 aliphatic carbocycles. The molecule has 0 heterocycles. The first-order chi connectivity index (χ1) is 7.74. The SMILES string of the molecule is CCOCCN(CCOCC)CC(N)CO. The van der Waals surface area contributed by atoms with E-state index in [-0.39, 0.29) is 12.6 Å². The Morgan fingerprint density at radius 3 is 2.00 bits per heavy atom. The van der Waals surface area contributed by atoms with Crippen molar-refractivity contribution >= 4 is 0 Å². The number of aliphatic hydroxyl groups is 1. The van der Waals surface area contributed by atoms with E-state index in [2.05, 4.69) is 4.90 Å². The minimum Gasteiger partial charge on any atom is -0.395 e. The third-order valence-corrected chi connectivity index (χ3v) is 2.24. The van der Waals surface area contributed by atoms with E-state index in [1.54, 1.807) is 0 Å². The molecule has 0 saturated carbocycles. The van der Waals surface area contributed by atoms with Crippen LogP contribution in [-0.2, 0) is 9.47 Å². The summed E-state index contributed by atoms with van der Waals surface area (Å²) >= 11 is 0. The summed E-state index contributed by atoms with van der Waals surface area (Å²) in [4.78, 5) is 2.16. The van der Waals surface area contributed by atoms with Gasteiger partial charge in [-0.3, -0.25) is 4.90 Å². The highest BCUT2D eigenvalue weighted by molar-refractivity contribution is 4.67. The van der Waals surface area contributed by atoms with Crippen molar-refractivity contribution in [3.63, 3.8) is 0 Å². The zero-order valence-electron chi connectivity index (χ0n) is 10.5. The van der Waals surface area contributed by atoms with Gasteiger partial charge in [0.2, 0.25) is 0 Å². The number of ether oxygens (including phenoxy) is 2. The van der Waals surface area contributed by atoms with Crippen LogP contribution in [-0.4, -0.2) is 68.7 Å². The Labute approximate surface area is 98.5 Å². The molecule has 0 aliphatic rings. The number of hydrogen-bond donors (Lipinski definition) is 2. The second-order valence-corrected chi connectivity index (χ2v) is 3.64. The first-order valence-electron chi connectivity index (χ1n) is 5.98. The van der Waals surface area contributed by atoms with Crippen LogP contribution in [0.15, 0.2) is 0 Å². The Hall–Kier alpha value is -0.200. The van der Waals surface area contributed by atoms with Gasteiger partial charge in [0.05, 0.1) is 19.8 Å². The molecule has 0 amide bonds. The van der Waals surface area contributed by atoms with Gasteiger partial charge in [-0.15, -0.1) is 0 Å². The van der Waals surface area contributed by atoms with Crippen LogP contribution in [0.1, 0.15) is 13.8 Å². The van der Waals surface area contributed by atoms with Crippen molar-refractivity contribution in [1.29, 1.82) is 0 Å². The normalized spacial score (nSPS) is 13.3. The van der Waals surface area contributed by atoms with Gasteiger partial charge in [0, 0.05) is 38.9 Å². The molecule has 5 nitrogen and oxygen atoms in total. The largest absolute Gasteiger partial charge is 0.395 e. The predicted molar refractivity (Wildman–Crippen MR) is 64.5 cm³/mol. The highest BCUT2D eigenvalue weighted by Gasteiger charge is 2.09. The van der Waals surface area contributed by atoms with Crippen molar-refractivity contribution in [2.45, 2.75) is 19.9 Å². The van der Waals surface area contributed by atoms with Gasteiger partial charge in [-0.2, -0.15) is 0 Å². The van der Waals surface area contributed by atoms with Crippen molar-refractivity contribution in [1.82, 2.24) is 4.90 Å². The molecule has 0 bridgehead atoms. The van der Waals surface area contributed by atoms with Gasteiger partial charge >= 0.3 is 0 Å². The summed E-state index contributed by atoms with van der Waals surface area (Å²) in [5.41, 5.74) is 5.71. The summed E-state index contributed by atoms with van der Waals surface area (Å²) in [5, 5.41) is 8.91. The Morgan fingerprint density at radius 1 is 1.12 bits per heavy atom. The van der Waals surface area contributed by atoms with Crippen LogP contribution in [0.3, 0.4) is 0 Å². The lowest BCUT2D eigenvalue weighted by atomic mass is 10.3. The predicted octanol–water partition coefficient (Wildman–Crippen LogP) is -0.319. The van der Waals surface area contributed by atoms with Gasteiger partial charge < -0.3 is 20.3 Å². The molecule has 0 radical (unpaired) electrons. The topological polar surface area (TPSA) is 68.0 Å². The van der Waals surface area contributed by atoms with Crippen molar-refractivity contribution in [3.8, 4) is 0 Å². The number of nitrogens with zero attached hydrogens (tertiary/aromatic N) is 1. The average Bonchev–Trinajstić information content (AvgIpc) is 2.29. The zero-order valence-corrected chi connectivity index (χ0v) is 10.5. The lowest BCUT2D eigenvalue weighted by molar-refractivity contribution is 0.0765. The molecule has 1 atom stereocenters. The lowest BCUT2D eigenvalue weighted by Gasteiger charge is -2.24. The third kappa shape index (κ3) is 9.06. The van der Waals surface area contributed by atoms with Crippen LogP contribution < -0.4 is 5.73 Å². The maximum atomic E-state index is 8.91. The van der Waals surface area contributed by atoms with Crippen LogP contribution in [0, 0.1) is 0 Å². The lowest BCUT2D eigenvalue weighted by Crippen LogP contribution is -2.42. The number of rotatable bonds is 11. The fourth-order valence-electron chi connectivity index (χ4n) is 1.36. The molecule has 1 unspecified atom stereocenters. The first kappa shape index (κ1) is 15.8. The van der Waals surface area contributed by atoms with Gasteiger partial charge in [-0.25, -0.2) is 0 Å². The molecule has 0 aliphatic heterocycles. The maximum absolute atomic E-state index is 8.91. The van der Waals surface area contributed by atoms with E-state index >= 15 is 0 Å². The molecule has 0 spiro atoms. The average molecular weight is 234 g/mol. The molecule has 0 fully saturated rings. The minimum atomic E-state index is -0.191. The van der Waals surface area contributed by atoms with Crippen LogP contribution in [0.4, 0.5) is 0 Å². The highest BCUT2D eigenvalue weighted by Crippen LogP contribution is 1.92. The number of nitrogens with two attached hydrogens (primary N) is 1. The van der Waals surface area contributed by atoms with E-state index in [9.17, 15) is 0 Å². The third-order valence-electron chi connectivity index (χ3n) is 2.24. The molecule has 0 aromatic heterocycles. The smallest absolute Gasteiger partial charge is 0.0595 e. The van der Waals surface area contributed by atoms with Gasteiger partial charge in [-0.1, -0.05) is 0 Å². The fourth-order valence-corrected chi connectivity index (χ4v) is 1.36. The molecular weight excluding hydrogens is 208 g/mol. The Kier molecular flexibility index (Phi) is 11.1. The van der Waals surface area contributed by atoms with Crippen molar-refractivity contribution < 1.29 is 14.6 Å². The summed E-state index contributed by atoms with van der Waals surface area (Å²) in [7, 11) is 0. The summed E-state index contributed by atoms with van der Waals surface area (Å²) in [5.74, 6) is 0. The van der Waals surface area contributed by atoms with E-state index in [0.29, 0.717) is 19.8 Å². The van der Waals surface area contributed by atoms with Gasteiger partial charge in [0.25, 0.3) is 0 Å². The van der Waals surface area contributed by atoms with Gasteiger partial charge in [-0.05, 0) is 13.8 Å². The van der Waals surface area contributed by atoms with Crippen LogP contribution in [0.5, 0.6) is 0 Å². The van der Waals surface area contributed by atoms with E-state index in [1.165, 1.54) is 0 Å². The molecule has 0 saturated heterocycles. The Balaban J connectivity index is 3.75. The van der Waals surface area contributed by atoms with Crippen molar-refractivity contribution in [2.24, 2.45) is 5.73 Å². The van der Waals surface area contributed by atoms with Gasteiger partial charge in [0.15, 0.2) is 0 Å². The standard InChI is InChI=1S/C11H26N2O3/c1-3-15-7-5-13(6-8-16-4-2)9-11(12)10-14/h11,14H,3-10,12H2,1-2H3. The van der Waals surface area contributed by atoms with Crippen LogP contribution in [0.2, 0.25) is 0 Å². The second kappa shape index (κ2) is 11.3. The van der Waals surface area contributed by atoms with Crippen LogP contribution in [0.25, 0.3) is 0 Å². The molecular formula is C11H26N2O3. The number of aliphatic hydroxyl groups excluding tert-OH is 1. The molecule has 3 N–H and O–H groups in total. The Bertz CT molecular complexity index is 137. The quantitative estimate of drug-likeness (QED) is 0.480. The second-order valence-electron chi connectivity index (χ2n) is 3.64. The highest BCUT2D eigenvalue weighted by atomic mass is 16.5. The maximum Gasteiger partial charge on any atom is 0.0595 e. The number of hydrogen-bond acceptors (Lipinski definition) is 5. The zero-order chi connectivity index (χ0) is 12.2. The van der Waals surface area contributed by atoms with Crippen molar-refractivity contribution in [2.75, 3.05) is 52.7 Å². The molecule has 0 rings (SSSR count). The van der Waals surface area contributed by atoms with E-state index in [1.807, 2.05) is 13.8 Å². The van der Waals surface area contributed by atoms with Crippen LogP contribution >= 0.6 is 0 Å². The molecule has 98 valence electrons. The van der Waals surface area contributed by atoms with Crippen molar-refractivity contribution in [3.05, 3.63) is 0 Å². The Morgan fingerprint density at radius 2 is 1.62 bits per heavy atom. The molecule has 0 aromatic carbocycles. The summed E-state index contributed by atoms with van der Waals surface area (Å²) < 4.78 is 10.6. The summed E-state index contributed by atoms with van der Waals surface area (Å²) in [6.07, 6.45) is 0.